The van der Waals surface area contributed by atoms with Crippen molar-refractivity contribution in [3.8, 4) is 0 Å². The number of ether oxygens (including phenoxy) is 1. The van der Waals surface area contributed by atoms with Gasteiger partial charge in [0.2, 0.25) is 0 Å². The number of rotatable bonds is 7. The Hall–Kier alpha value is -2.22. The van der Waals surface area contributed by atoms with Gasteiger partial charge in [-0.3, -0.25) is 9.69 Å². The molecule has 1 unspecified atom stereocenters. The maximum atomic E-state index is 12.5. The molecule has 6 nitrogen and oxygen atoms in total. The van der Waals surface area contributed by atoms with E-state index in [2.05, 4.69) is 29.3 Å². The van der Waals surface area contributed by atoms with Crippen LogP contribution in [-0.4, -0.2) is 50.3 Å². The SMILES string of the molecule is CC1CN(Cc2cccc(CNC(=O)c3ccc(S(=O)(=O)C(C)C)cc3)c2)CCO1. The highest BCUT2D eigenvalue weighted by molar-refractivity contribution is 7.92. The fraction of sp³-hybridized carbons (Fsp3) is 0.435. The van der Waals surface area contributed by atoms with Crippen LogP contribution in [0.1, 0.15) is 42.3 Å². The van der Waals surface area contributed by atoms with Gasteiger partial charge in [-0.1, -0.05) is 24.3 Å². The molecular weight excluding hydrogens is 400 g/mol. The number of hydrogen-bond donors (Lipinski definition) is 1. The molecule has 2 aromatic rings. The summed E-state index contributed by atoms with van der Waals surface area (Å²) in [7, 11) is -3.34. The second-order valence-electron chi connectivity index (χ2n) is 8.04. The fourth-order valence-electron chi connectivity index (χ4n) is 3.48. The van der Waals surface area contributed by atoms with Gasteiger partial charge < -0.3 is 10.1 Å². The molecule has 1 aliphatic rings. The lowest BCUT2D eigenvalue weighted by Gasteiger charge is -2.31. The van der Waals surface area contributed by atoms with Gasteiger partial charge in [-0.05, 0) is 56.2 Å². The molecule has 1 amide bonds. The molecule has 7 heteroatoms. The highest BCUT2D eigenvalue weighted by Gasteiger charge is 2.19. The summed E-state index contributed by atoms with van der Waals surface area (Å²) >= 11 is 0. The van der Waals surface area contributed by atoms with Crippen LogP contribution in [0, 0.1) is 0 Å². The first-order chi connectivity index (χ1) is 14.3. The van der Waals surface area contributed by atoms with E-state index in [1.807, 2.05) is 12.1 Å². The zero-order chi connectivity index (χ0) is 21.7. The monoisotopic (exact) mass is 430 g/mol. The summed E-state index contributed by atoms with van der Waals surface area (Å²) in [4.78, 5) is 15.1. The third-order valence-electron chi connectivity index (χ3n) is 5.24. The average molecular weight is 431 g/mol. The predicted octanol–water partition coefficient (Wildman–Crippen LogP) is 3.02. The summed E-state index contributed by atoms with van der Waals surface area (Å²) in [6.45, 7) is 9.25. The molecule has 1 atom stereocenters. The summed E-state index contributed by atoms with van der Waals surface area (Å²) in [6, 6.07) is 14.3. The topological polar surface area (TPSA) is 75.7 Å². The first-order valence-electron chi connectivity index (χ1n) is 10.3. The lowest BCUT2D eigenvalue weighted by molar-refractivity contribution is -0.0212. The van der Waals surface area contributed by atoms with Crippen molar-refractivity contribution in [1.29, 1.82) is 0 Å². The Balaban J connectivity index is 1.58. The van der Waals surface area contributed by atoms with E-state index in [0.717, 1.165) is 31.8 Å². The molecule has 30 heavy (non-hydrogen) atoms. The maximum Gasteiger partial charge on any atom is 0.251 e. The van der Waals surface area contributed by atoms with Crippen LogP contribution in [-0.2, 0) is 27.7 Å². The first kappa shape index (κ1) is 22.5. The number of nitrogens with zero attached hydrogens (tertiary/aromatic N) is 1. The maximum absolute atomic E-state index is 12.5. The van der Waals surface area contributed by atoms with Crippen molar-refractivity contribution in [3.63, 3.8) is 0 Å². The zero-order valence-electron chi connectivity index (χ0n) is 17.8. The molecule has 1 heterocycles. The van der Waals surface area contributed by atoms with Crippen LogP contribution in [0.2, 0.25) is 0 Å². The van der Waals surface area contributed by atoms with E-state index in [1.165, 1.54) is 17.7 Å². The molecule has 1 N–H and O–H groups in total. The third kappa shape index (κ3) is 5.68. The van der Waals surface area contributed by atoms with Gasteiger partial charge in [-0.25, -0.2) is 8.42 Å². The Morgan fingerprint density at radius 1 is 1.17 bits per heavy atom. The second-order valence-corrected chi connectivity index (χ2v) is 10.5. The molecule has 0 aromatic heterocycles. The molecule has 0 radical (unpaired) electrons. The van der Waals surface area contributed by atoms with E-state index in [9.17, 15) is 13.2 Å². The van der Waals surface area contributed by atoms with Gasteiger partial charge in [0, 0.05) is 31.7 Å². The normalized spacial score (nSPS) is 17.8. The average Bonchev–Trinajstić information content (AvgIpc) is 2.72. The van der Waals surface area contributed by atoms with E-state index >= 15 is 0 Å². The summed E-state index contributed by atoms with van der Waals surface area (Å²) in [6.07, 6.45) is 0.253. The molecule has 162 valence electrons. The molecule has 3 rings (SSSR count). The molecule has 1 aliphatic heterocycles. The number of morpholine rings is 1. The van der Waals surface area contributed by atoms with Crippen molar-refractivity contribution in [2.45, 2.75) is 50.1 Å². The fourth-order valence-corrected chi connectivity index (χ4v) is 4.54. The van der Waals surface area contributed by atoms with Gasteiger partial charge in [0.15, 0.2) is 9.84 Å². The van der Waals surface area contributed by atoms with Gasteiger partial charge in [0.05, 0.1) is 22.9 Å². The van der Waals surface area contributed by atoms with Crippen molar-refractivity contribution in [3.05, 3.63) is 65.2 Å². The highest BCUT2D eigenvalue weighted by atomic mass is 32.2. The molecule has 0 bridgehead atoms. The third-order valence-corrected chi connectivity index (χ3v) is 7.41. The van der Waals surface area contributed by atoms with Crippen LogP contribution >= 0.6 is 0 Å². The molecule has 0 aliphatic carbocycles. The Morgan fingerprint density at radius 3 is 2.53 bits per heavy atom. The quantitative estimate of drug-likeness (QED) is 0.731. The highest BCUT2D eigenvalue weighted by Crippen LogP contribution is 2.17. The lowest BCUT2D eigenvalue weighted by atomic mass is 10.1. The van der Waals surface area contributed by atoms with Crippen LogP contribution < -0.4 is 5.32 Å². The first-order valence-corrected chi connectivity index (χ1v) is 11.8. The zero-order valence-corrected chi connectivity index (χ0v) is 18.6. The molecule has 1 saturated heterocycles. The van der Waals surface area contributed by atoms with Crippen molar-refractivity contribution in [2.75, 3.05) is 19.7 Å². The van der Waals surface area contributed by atoms with Gasteiger partial charge in [-0.2, -0.15) is 0 Å². The molecule has 0 spiro atoms. The summed E-state index contributed by atoms with van der Waals surface area (Å²) in [5, 5.41) is 2.42. The van der Waals surface area contributed by atoms with Crippen molar-refractivity contribution in [1.82, 2.24) is 10.2 Å². The van der Waals surface area contributed by atoms with Crippen LogP contribution in [0.3, 0.4) is 0 Å². The van der Waals surface area contributed by atoms with Crippen molar-refractivity contribution in [2.24, 2.45) is 0 Å². The largest absolute Gasteiger partial charge is 0.376 e. The Morgan fingerprint density at radius 2 is 1.87 bits per heavy atom. The molecular formula is C23H30N2O4S. The van der Waals surface area contributed by atoms with E-state index in [4.69, 9.17) is 4.74 Å². The number of hydrogen-bond acceptors (Lipinski definition) is 5. The minimum absolute atomic E-state index is 0.226. The van der Waals surface area contributed by atoms with Gasteiger partial charge in [0.25, 0.3) is 5.91 Å². The number of carbonyl (C=O) groups is 1. The van der Waals surface area contributed by atoms with Crippen molar-refractivity contribution >= 4 is 15.7 Å². The summed E-state index contributed by atoms with van der Waals surface area (Å²) in [5.74, 6) is -0.226. The molecule has 1 fully saturated rings. The summed E-state index contributed by atoms with van der Waals surface area (Å²) in [5.41, 5.74) is 2.68. The minimum Gasteiger partial charge on any atom is -0.376 e. The number of benzene rings is 2. The number of amides is 1. The van der Waals surface area contributed by atoms with Gasteiger partial charge >= 0.3 is 0 Å². The van der Waals surface area contributed by atoms with E-state index in [0.29, 0.717) is 12.1 Å². The van der Waals surface area contributed by atoms with E-state index < -0.39 is 15.1 Å². The predicted molar refractivity (Wildman–Crippen MR) is 117 cm³/mol. The Kier molecular flexibility index (Phi) is 7.28. The van der Waals surface area contributed by atoms with Gasteiger partial charge in [0.1, 0.15) is 0 Å². The van der Waals surface area contributed by atoms with Gasteiger partial charge in [-0.15, -0.1) is 0 Å². The van der Waals surface area contributed by atoms with E-state index in [-0.39, 0.29) is 16.9 Å². The van der Waals surface area contributed by atoms with E-state index in [1.54, 1.807) is 26.0 Å². The molecule has 2 aromatic carbocycles. The smallest absolute Gasteiger partial charge is 0.251 e. The number of carbonyl (C=O) groups excluding carboxylic acids is 1. The standard InChI is InChI=1S/C23H30N2O4S/c1-17(2)30(27,28)22-9-7-21(8-10-22)23(26)24-14-19-5-4-6-20(13-19)16-25-11-12-29-18(3)15-25/h4-10,13,17-18H,11-12,14-16H2,1-3H3,(H,24,26). The summed E-state index contributed by atoms with van der Waals surface area (Å²) < 4.78 is 30.0. The molecule has 0 saturated carbocycles. The second kappa shape index (κ2) is 9.73. The Labute approximate surface area is 179 Å². The van der Waals surface area contributed by atoms with Crippen LogP contribution in [0.5, 0.6) is 0 Å². The minimum atomic E-state index is -3.34. The number of sulfone groups is 1. The number of nitrogens with one attached hydrogen (secondary N) is 1. The Bertz CT molecular complexity index is 971. The van der Waals surface area contributed by atoms with Crippen LogP contribution in [0.15, 0.2) is 53.4 Å². The van der Waals surface area contributed by atoms with Crippen molar-refractivity contribution < 1.29 is 17.9 Å². The van der Waals surface area contributed by atoms with Crippen LogP contribution in [0.4, 0.5) is 0 Å². The lowest BCUT2D eigenvalue weighted by Crippen LogP contribution is -2.40. The van der Waals surface area contributed by atoms with Crippen LogP contribution in [0.25, 0.3) is 0 Å².